The van der Waals surface area contributed by atoms with Gasteiger partial charge < -0.3 is 0 Å². The lowest BCUT2D eigenvalue weighted by Crippen LogP contribution is -2.30. The van der Waals surface area contributed by atoms with Crippen LogP contribution in [0.3, 0.4) is 0 Å². The van der Waals surface area contributed by atoms with Crippen molar-refractivity contribution in [3.8, 4) is 5.69 Å². The standard InChI is InChI=1S/C24H19N5O2/c1-16-18-11-5-6-12-19(18)23(31)28(27-16)15-22(30)26-24-25-20-13-7-8-14-21(20)29(24)17-9-3-2-4-10-17/h2-14H,15H2,1H3,(H,25,26,30). The summed E-state index contributed by atoms with van der Waals surface area (Å²) < 4.78 is 3.08. The predicted octanol–water partition coefficient (Wildman–Crippen LogP) is 3.68. The highest BCUT2D eigenvalue weighted by atomic mass is 16.2. The maximum atomic E-state index is 12.9. The van der Waals surface area contributed by atoms with Crippen molar-refractivity contribution in [2.75, 3.05) is 5.32 Å². The fourth-order valence-corrected chi connectivity index (χ4v) is 3.76. The quantitative estimate of drug-likeness (QED) is 0.491. The molecular weight excluding hydrogens is 390 g/mol. The number of anilines is 1. The maximum Gasteiger partial charge on any atom is 0.275 e. The van der Waals surface area contributed by atoms with Crippen LogP contribution >= 0.6 is 0 Å². The van der Waals surface area contributed by atoms with Crippen LogP contribution in [0.2, 0.25) is 0 Å². The summed E-state index contributed by atoms with van der Waals surface area (Å²) in [4.78, 5) is 30.3. The molecule has 1 amide bonds. The molecule has 3 aromatic carbocycles. The molecule has 152 valence electrons. The lowest BCUT2D eigenvalue weighted by atomic mass is 10.1. The fraction of sp³-hybridized carbons (Fsp3) is 0.0833. The number of fused-ring (bicyclic) bond motifs is 2. The van der Waals surface area contributed by atoms with Gasteiger partial charge in [0.1, 0.15) is 6.54 Å². The molecule has 1 N–H and O–H groups in total. The van der Waals surface area contributed by atoms with Gasteiger partial charge in [-0.25, -0.2) is 9.67 Å². The van der Waals surface area contributed by atoms with Crippen molar-refractivity contribution in [2.24, 2.45) is 0 Å². The molecule has 0 saturated carbocycles. The highest BCUT2D eigenvalue weighted by Gasteiger charge is 2.16. The molecule has 0 unspecified atom stereocenters. The van der Waals surface area contributed by atoms with Gasteiger partial charge in [0.15, 0.2) is 0 Å². The van der Waals surface area contributed by atoms with Gasteiger partial charge in [-0.05, 0) is 37.3 Å². The van der Waals surface area contributed by atoms with E-state index in [2.05, 4.69) is 15.4 Å². The first-order chi connectivity index (χ1) is 15.1. The number of para-hydroxylation sites is 3. The summed E-state index contributed by atoms with van der Waals surface area (Å²) in [7, 11) is 0. The number of rotatable bonds is 4. The molecule has 0 fully saturated rings. The number of amides is 1. The molecule has 0 spiro atoms. The van der Waals surface area contributed by atoms with Crippen LogP contribution < -0.4 is 10.9 Å². The number of aromatic nitrogens is 4. The SMILES string of the molecule is Cc1nn(CC(=O)Nc2nc3ccccc3n2-c2ccccc2)c(=O)c2ccccc12. The van der Waals surface area contributed by atoms with Gasteiger partial charge in [-0.2, -0.15) is 5.10 Å². The van der Waals surface area contributed by atoms with E-state index in [9.17, 15) is 9.59 Å². The van der Waals surface area contributed by atoms with Crippen molar-refractivity contribution in [1.82, 2.24) is 19.3 Å². The van der Waals surface area contributed by atoms with Crippen molar-refractivity contribution in [3.05, 3.63) is 94.9 Å². The van der Waals surface area contributed by atoms with Crippen molar-refractivity contribution in [1.29, 1.82) is 0 Å². The van der Waals surface area contributed by atoms with Gasteiger partial charge in [0.05, 0.1) is 22.1 Å². The molecule has 0 radical (unpaired) electrons. The van der Waals surface area contributed by atoms with E-state index >= 15 is 0 Å². The second-order valence-corrected chi connectivity index (χ2v) is 7.24. The Kier molecular flexibility index (Phi) is 4.55. The van der Waals surface area contributed by atoms with E-state index in [1.165, 1.54) is 4.68 Å². The average Bonchev–Trinajstić information content (AvgIpc) is 3.15. The highest BCUT2D eigenvalue weighted by molar-refractivity contribution is 5.92. The minimum absolute atomic E-state index is 0.206. The monoisotopic (exact) mass is 409 g/mol. The Bertz CT molecular complexity index is 1480. The first-order valence-electron chi connectivity index (χ1n) is 9.91. The normalized spacial score (nSPS) is 11.1. The van der Waals surface area contributed by atoms with Gasteiger partial charge in [-0.15, -0.1) is 0 Å². The smallest absolute Gasteiger partial charge is 0.275 e. The molecule has 0 aliphatic carbocycles. The van der Waals surface area contributed by atoms with Crippen LogP contribution in [0.25, 0.3) is 27.5 Å². The Labute approximate surface area is 177 Å². The highest BCUT2D eigenvalue weighted by Crippen LogP contribution is 2.24. The second-order valence-electron chi connectivity index (χ2n) is 7.24. The van der Waals surface area contributed by atoms with Gasteiger partial charge in [0.2, 0.25) is 11.9 Å². The molecule has 0 bridgehead atoms. The summed E-state index contributed by atoms with van der Waals surface area (Å²) in [5.74, 6) is 0.0136. The third-order valence-corrected chi connectivity index (χ3v) is 5.17. The minimum atomic E-state index is -0.378. The first-order valence-corrected chi connectivity index (χ1v) is 9.91. The van der Waals surface area contributed by atoms with Gasteiger partial charge in [-0.3, -0.25) is 19.5 Å². The Balaban J connectivity index is 1.52. The zero-order chi connectivity index (χ0) is 21.4. The number of hydrogen-bond donors (Lipinski definition) is 1. The molecular formula is C24H19N5O2. The first kappa shape index (κ1) is 18.7. The van der Waals surface area contributed by atoms with Crippen LogP contribution in [-0.4, -0.2) is 25.2 Å². The molecule has 7 heteroatoms. The zero-order valence-corrected chi connectivity index (χ0v) is 16.8. The van der Waals surface area contributed by atoms with Gasteiger partial charge in [0.25, 0.3) is 5.56 Å². The van der Waals surface area contributed by atoms with E-state index in [0.717, 1.165) is 22.1 Å². The van der Waals surface area contributed by atoms with Crippen molar-refractivity contribution < 1.29 is 4.79 Å². The largest absolute Gasteiger partial charge is 0.294 e. The topological polar surface area (TPSA) is 81.8 Å². The summed E-state index contributed by atoms with van der Waals surface area (Å²) in [6.07, 6.45) is 0. The molecule has 0 atom stereocenters. The molecule has 0 saturated heterocycles. The number of carbonyl (C=O) groups excluding carboxylic acids is 1. The third-order valence-electron chi connectivity index (χ3n) is 5.17. The van der Waals surface area contributed by atoms with E-state index in [-0.39, 0.29) is 18.0 Å². The number of carbonyl (C=O) groups is 1. The van der Waals surface area contributed by atoms with Crippen molar-refractivity contribution >= 4 is 33.7 Å². The maximum absolute atomic E-state index is 12.9. The van der Waals surface area contributed by atoms with Crippen LogP contribution in [0.15, 0.2) is 83.7 Å². The number of aryl methyl sites for hydroxylation is 1. The van der Waals surface area contributed by atoms with Crippen LogP contribution in [0.4, 0.5) is 5.95 Å². The van der Waals surface area contributed by atoms with Gasteiger partial charge in [-0.1, -0.05) is 48.5 Å². The van der Waals surface area contributed by atoms with Crippen LogP contribution in [0.1, 0.15) is 5.69 Å². The van der Waals surface area contributed by atoms with E-state index in [1.807, 2.05) is 78.2 Å². The van der Waals surface area contributed by atoms with E-state index in [0.29, 0.717) is 17.0 Å². The molecule has 0 aliphatic rings. The Hall–Kier alpha value is -4.26. The summed E-state index contributed by atoms with van der Waals surface area (Å²) in [6, 6.07) is 24.6. The van der Waals surface area contributed by atoms with Crippen LogP contribution in [0, 0.1) is 6.92 Å². The third kappa shape index (κ3) is 3.36. The summed E-state index contributed by atoms with van der Waals surface area (Å²) in [5, 5.41) is 8.50. The van der Waals surface area contributed by atoms with E-state index in [1.54, 1.807) is 12.1 Å². The lowest BCUT2D eigenvalue weighted by molar-refractivity contribution is -0.117. The lowest BCUT2D eigenvalue weighted by Gasteiger charge is -2.11. The minimum Gasteiger partial charge on any atom is -0.294 e. The van der Waals surface area contributed by atoms with Gasteiger partial charge in [0, 0.05) is 11.1 Å². The molecule has 5 rings (SSSR count). The summed E-state index contributed by atoms with van der Waals surface area (Å²) in [6.45, 7) is 1.62. The molecule has 0 aliphatic heterocycles. The molecule has 2 heterocycles. The number of nitrogens with zero attached hydrogens (tertiary/aromatic N) is 4. The second kappa shape index (κ2) is 7.53. The molecule has 2 aromatic heterocycles. The van der Waals surface area contributed by atoms with Crippen LogP contribution in [0.5, 0.6) is 0 Å². The Morgan fingerprint density at radius 1 is 0.903 bits per heavy atom. The Morgan fingerprint density at radius 3 is 2.39 bits per heavy atom. The van der Waals surface area contributed by atoms with E-state index < -0.39 is 0 Å². The fourth-order valence-electron chi connectivity index (χ4n) is 3.76. The molecule has 5 aromatic rings. The summed E-state index contributed by atoms with van der Waals surface area (Å²) >= 11 is 0. The number of nitrogens with one attached hydrogen (secondary N) is 1. The van der Waals surface area contributed by atoms with Crippen molar-refractivity contribution in [3.63, 3.8) is 0 Å². The molecule has 7 nitrogen and oxygen atoms in total. The van der Waals surface area contributed by atoms with E-state index in [4.69, 9.17) is 0 Å². The van der Waals surface area contributed by atoms with Crippen molar-refractivity contribution in [2.45, 2.75) is 13.5 Å². The number of imidazole rings is 1. The molecule has 31 heavy (non-hydrogen) atoms. The number of benzene rings is 3. The zero-order valence-electron chi connectivity index (χ0n) is 16.8. The van der Waals surface area contributed by atoms with Crippen LogP contribution in [-0.2, 0) is 11.3 Å². The number of hydrogen-bond acceptors (Lipinski definition) is 4. The van der Waals surface area contributed by atoms with Gasteiger partial charge >= 0.3 is 0 Å². The predicted molar refractivity (Wildman–Crippen MR) is 120 cm³/mol. The Morgan fingerprint density at radius 2 is 1.58 bits per heavy atom. The summed E-state index contributed by atoms with van der Waals surface area (Å²) in [5.41, 5.74) is 2.91. The average molecular weight is 409 g/mol.